The molecule has 1 amide bonds. The molecule has 0 unspecified atom stereocenters. The second kappa shape index (κ2) is 8.27. The molecule has 0 saturated carbocycles. The highest BCUT2D eigenvalue weighted by atomic mass is 16.5. The monoisotopic (exact) mass is 326 g/mol. The Morgan fingerprint density at radius 1 is 1.29 bits per heavy atom. The van der Waals surface area contributed by atoms with E-state index in [0.717, 1.165) is 28.5 Å². The number of benzene rings is 1. The largest absolute Gasteiger partial charge is 0.375 e. The van der Waals surface area contributed by atoms with Crippen molar-refractivity contribution in [3.63, 3.8) is 0 Å². The van der Waals surface area contributed by atoms with Gasteiger partial charge in [0.25, 0.3) is 0 Å². The van der Waals surface area contributed by atoms with Crippen molar-refractivity contribution < 1.29 is 9.53 Å². The van der Waals surface area contributed by atoms with Crippen LogP contribution in [0.4, 0.5) is 5.82 Å². The van der Waals surface area contributed by atoms with Gasteiger partial charge >= 0.3 is 0 Å². The van der Waals surface area contributed by atoms with Gasteiger partial charge in [0.2, 0.25) is 5.91 Å². The molecule has 24 heavy (non-hydrogen) atoms. The summed E-state index contributed by atoms with van der Waals surface area (Å²) < 4.78 is 4.75. The lowest BCUT2D eigenvalue weighted by atomic mass is 10.0. The topological polar surface area (TPSA) is 87.0 Å². The molecule has 0 saturated heterocycles. The van der Waals surface area contributed by atoms with Crippen LogP contribution in [0.1, 0.15) is 23.1 Å². The lowest BCUT2D eigenvalue weighted by molar-refractivity contribution is -0.124. The molecule has 0 bridgehead atoms. The Morgan fingerprint density at radius 3 is 2.79 bits per heavy atom. The Labute approximate surface area is 141 Å². The van der Waals surface area contributed by atoms with E-state index in [1.54, 1.807) is 0 Å². The van der Waals surface area contributed by atoms with Gasteiger partial charge in [-0.2, -0.15) is 5.26 Å². The van der Waals surface area contributed by atoms with Crippen LogP contribution in [0.3, 0.4) is 0 Å². The predicted molar refractivity (Wildman–Crippen MR) is 93.9 cm³/mol. The van der Waals surface area contributed by atoms with Gasteiger partial charge in [0, 0.05) is 25.6 Å². The number of nitrogens with zero attached hydrogens (tertiary/aromatic N) is 2. The number of hydrogen-bond acceptors (Lipinski definition) is 5. The zero-order chi connectivity index (χ0) is 17.5. The third-order valence-electron chi connectivity index (χ3n) is 3.65. The van der Waals surface area contributed by atoms with E-state index in [0.29, 0.717) is 24.5 Å². The van der Waals surface area contributed by atoms with Crippen LogP contribution in [0, 0.1) is 25.2 Å². The highest BCUT2D eigenvalue weighted by Gasteiger charge is 2.08. The molecule has 6 heteroatoms. The molecule has 1 aromatic heterocycles. The van der Waals surface area contributed by atoms with Gasteiger partial charge in [0.05, 0.1) is 11.1 Å². The number of nitrogens with one attached hydrogen (secondary N) is 2. The first-order valence-electron chi connectivity index (χ1n) is 7.86. The predicted octanol–water partition coefficient (Wildman–Crippen LogP) is 2.29. The van der Waals surface area contributed by atoms with Gasteiger partial charge in [0.1, 0.15) is 18.5 Å². The van der Waals surface area contributed by atoms with E-state index in [1.807, 2.05) is 26.0 Å². The third-order valence-corrected chi connectivity index (χ3v) is 3.65. The van der Waals surface area contributed by atoms with Crippen molar-refractivity contribution in [2.45, 2.75) is 20.3 Å². The number of amides is 1. The Kier molecular flexibility index (Phi) is 6.10. The minimum atomic E-state index is -0.134. The first-order valence-corrected chi connectivity index (χ1v) is 7.86. The smallest absolute Gasteiger partial charge is 0.245 e. The number of methoxy groups -OCH3 is 1. The highest BCUT2D eigenvalue weighted by molar-refractivity contribution is 5.86. The fourth-order valence-corrected chi connectivity index (χ4v) is 2.56. The van der Waals surface area contributed by atoms with Crippen LogP contribution in [0.15, 0.2) is 18.2 Å². The summed E-state index contributed by atoms with van der Waals surface area (Å²) in [6, 6.07) is 8.17. The molecule has 1 heterocycles. The van der Waals surface area contributed by atoms with Crippen LogP contribution >= 0.6 is 0 Å². The van der Waals surface area contributed by atoms with Crippen LogP contribution in [0.2, 0.25) is 0 Å². The number of hydrogen-bond donors (Lipinski definition) is 2. The average molecular weight is 326 g/mol. The maximum Gasteiger partial charge on any atom is 0.245 e. The van der Waals surface area contributed by atoms with E-state index < -0.39 is 0 Å². The number of pyridine rings is 1. The molecular formula is C18H22N4O2. The summed E-state index contributed by atoms with van der Waals surface area (Å²) in [5, 5.41) is 16.3. The summed E-state index contributed by atoms with van der Waals surface area (Å²) in [6.07, 6.45) is 0.729. The van der Waals surface area contributed by atoms with Gasteiger partial charge in [-0.15, -0.1) is 0 Å². The Morgan fingerprint density at radius 2 is 2.08 bits per heavy atom. The number of fused-ring (bicyclic) bond motifs is 1. The second-order valence-electron chi connectivity index (χ2n) is 5.71. The fraction of sp³-hybridized carbons (Fsp3) is 0.389. The Hall–Kier alpha value is -2.65. The summed E-state index contributed by atoms with van der Waals surface area (Å²) in [5.74, 6) is 0.447. The van der Waals surface area contributed by atoms with Crippen molar-refractivity contribution in [3.8, 4) is 6.07 Å². The maximum atomic E-state index is 11.3. The minimum absolute atomic E-state index is 0.0664. The quantitative estimate of drug-likeness (QED) is 0.762. The summed E-state index contributed by atoms with van der Waals surface area (Å²) >= 11 is 0. The molecule has 2 aromatic rings. The molecule has 2 N–H and O–H groups in total. The number of aromatic nitrogens is 1. The van der Waals surface area contributed by atoms with Crippen molar-refractivity contribution in [1.82, 2.24) is 10.3 Å². The number of nitriles is 1. The van der Waals surface area contributed by atoms with E-state index in [-0.39, 0.29) is 12.5 Å². The maximum absolute atomic E-state index is 11.3. The number of rotatable bonds is 7. The molecule has 0 fully saturated rings. The van der Waals surface area contributed by atoms with Crippen molar-refractivity contribution in [2.24, 2.45) is 0 Å². The van der Waals surface area contributed by atoms with E-state index in [9.17, 15) is 10.1 Å². The first-order chi connectivity index (χ1) is 11.5. The number of carbonyl (C=O) groups excluding carboxylic acids is 1. The van der Waals surface area contributed by atoms with Gasteiger partial charge < -0.3 is 15.4 Å². The number of aryl methyl sites for hydroxylation is 2. The molecule has 0 aliphatic carbocycles. The normalized spacial score (nSPS) is 10.4. The van der Waals surface area contributed by atoms with Crippen LogP contribution in [0.25, 0.3) is 10.9 Å². The summed E-state index contributed by atoms with van der Waals surface area (Å²) in [4.78, 5) is 15.9. The van der Waals surface area contributed by atoms with Gasteiger partial charge in [-0.05, 0) is 43.5 Å². The van der Waals surface area contributed by atoms with Crippen molar-refractivity contribution in [3.05, 3.63) is 34.9 Å². The van der Waals surface area contributed by atoms with Gasteiger partial charge in [0.15, 0.2) is 0 Å². The molecule has 6 nitrogen and oxygen atoms in total. The molecule has 2 rings (SSSR count). The van der Waals surface area contributed by atoms with E-state index >= 15 is 0 Å². The molecule has 0 atom stereocenters. The van der Waals surface area contributed by atoms with E-state index in [2.05, 4.69) is 27.8 Å². The molecule has 0 radical (unpaired) electrons. The number of anilines is 1. The van der Waals surface area contributed by atoms with Crippen LogP contribution in [-0.2, 0) is 9.53 Å². The van der Waals surface area contributed by atoms with Crippen molar-refractivity contribution >= 4 is 22.6 Å². The molecule has 0 aliphatic rings. The molecule has 126 valence electrons. The Balaban J connectivity index is 2.03. The minimum Gasteiger partial charge on any atom is -0.375 e. The number of ether oxygens (including phenoxy) is 1. The highest BCUT2D eigenvalue weighted by Crippen LogP contribution is 2.24. The van der Waals surface area contributed by atoms with Gasteiger partial charge in [-0.3, -0.25) is 4.79 Å². The van der Waals surface area contributed by atoms with Crippen LogP contribution in [0.5, 0.6) is 0 Å². The summed E-state index contributed by atoms with van der Waals surface area (Å²) in [6.45, 7) is 5.28. The van der Waals surface area contributed by atoms with E-state index in [4.69, 9.17) is 4.74 Å². The lowest BCUT2D eigenvalue weighted by Gasteiger charge is -2.11. The molecule has 1 aromatic carbocycles. The Bertz CT molecular complexity index is 781. The third kappa shape index (κ3) is 4.43. The first kappa shape index (κ1) is 17.7. The molecule has 0 spiro atoms. The van der Waals surface area contributed by atoms with Crippen LogP contribution in [-0.4, -0.2) is 37.7 Å². The average Bonchev–Trinajstić information content (AvgIpc) is 2.54. The van der Waals surface area contributed by atoms with Crippen LogP contribution < -0.4 is 10.6 Å². The summed E-state index contributed by atoms with van der Waals surface area (Å²) in [7, 11) is 1.49. The lowest BCUT2D eigenvalue weighted by Crippen LogP contribution is -2.29. The molecule has 0 aliphatic heterocycles. The van der Waals surface area contributed by atoms with Crippen molar-refractivity contribution in [1.29, 1.82) is 5.26 Å². The molecular weight excluding hydrogens is 304 g/mol. The fourth-order valence-electron chi connectivity index (χ4n) is 2.56. The zero-order valence-electron chi connectivity index (χ0n) is 14.3. The standard InChI is InChI=1S/C18H22N4O2/c1-12-7-13(2)15-9-14(10-19)18(22-16(15)8-12)21-6-4-5-20-17(23)11-24-3/h7-9H,4-6,11H2,1-3H3,(H,20,23)(H,21,22). The van der Waals surface area contributed by atoms with Gasteiger partial charge in [-0.25, -0.2) is 4.98 Å². The SMILES string of the molecule is COCC(=O)NCCCNc1nc2cc(C)cc(C)c2cc1C#N. The second-order valence-corrected chi connectivity index (χ2v) is 5.71. The summed E-state index contributed by atoms with van der Waals surface area (Å²) in [5.41, 5.74) is 3.66. The zero-order valence-corrected chi connectivity index (χ0v) is 14.3. The van der Waals surface area contributed by atoms with E-state index in [1.165, 1.54) is 7.11 Å². The van der Waals surface area contributed by atoms with Gasteiger partial charge in [-0.1, -0.05) is 6.07 Å². The number of carbonyl (C=O) groups is 1. The van der Waals surface area contributed by atoms with Crippen molar-refractivity contribution in [2.75, 3.05) is 32.1 Å².